The smallest absolute Gasteiger partial charge is 0.313 e. The molecular formula is C13H15ClF2N2O3. The van der Waals surface area contributed by atoms with Gasteiger partial charge in [0.1, 0.15) is 0 Å². The second-order valence-electron chi connectivity index (χ2n) is 4.31. The number of halogens is 3. The summed E-state index contributed by atoms with van der Waals surface area (Å²) in [5, 5.41) is 13.4. The van der Waals surface area contributed by atoms with Crippen LogP contribution >= 0.6 is 11.6 Å². The van der Waals surface area contributed by atoms with E-state index in [1.54, 1.807) is 6.92 Å². The molecule has 1 rings (SSSR count). The number of carbonyl (C=O) groups is 2. The van der Waals surface area contributed by atoms with Gasteiger partial charge in [-0.1, -0.05) is 18.5 Å². The van der Waals surface area contributed by atoms with Gasteiger partial charge in [0.05, 0.1) is 16.8 Å². The summed E-state index contributed by atoms with van der Waals surface area (Å²) in [6, 6.07) is 1.38. The third kappa shape index (κ3) is 5.28. The molecular weight excluding hydrogens is 306 g/mol. The van der Waals surface area contributed by atoms with E-state index in [-0.39, 0.29) is 17.3 Å². The zero-order chi connectivity index (χ0) is 16.0. The minimum absolute atomic E-state index is 0.118. The van der Waals surface area contributed by atoms with Gasteiger partial charge in [0, 0.05) is 12.6 Å². The molecule has 5 nitrogen and oxygen atoms in total. The number of rotatable bonds is 5. The number of benzene rings is 1. The first kappa shape index (κ1) is 17.3. The van der Waals surface area contributed by atoms with E-state index in [4.69, 9.17) is 11.6 Å². The second kappa shape index (κ2) is 7.90. The van der Waals surface area contributed by atoms with Crippen molar-refractivity contribution in [2.75, 3.05) is 11.9 Å². The molecule has 0 aliphatic carbocycles. The average molecular weight is 321 g/mol. The molecule has 0 bridgehead atoms. The first-order chi connectivity index (χ1) is 9.85. The van der Waals surface area contributed by atoms with E-state index in [1.807, 2.05) is 0 Å². The van der Waals surface area contributed by atoms with Gasteiger partial charge in [0.2, 0.25) is 0 Å². The second-order valence-corrected chi connectivity index (χ2v) is 4.71. The highest BCUT2D eigenvalue weighted by molar-refractivity contribution is 6.41. The van der Waals surface area contributed by atoms with Crippen molar-refractivity contribution >= 4 is 29.1 Å². The third-order valence-corrected chi connectivity index (χ3v) is 3.01. The van der Waals surface area contributed by atoms with Crippen LogP contribution in [0.3, 0.4) is 0 Å². The fraction of sp³-hybridized carbons (Fsp3) is 0.385. The minimum atomic E-state index is -1.19. The number of nitrogens with one attached hydrogen (secondary N) is 2. The van der Waals surface area contributed by atoms with Crippen molar-refractivity contribution in [2.24, 2.45) is 0 Å². The Hall–Kier alpha value is -1.73. The van der Waals surface area contributed by atoms with Crippen molar-refractivity contribution in [1.82, 2.24) is 5.32 Å². The van der Waals surface area contributed by atoms with Gasteiger partial charge in [-0.2, -0.15) is 0 Å². The first-order valence-corrected chi connectivity index (χ1v) is 6.64. The highest BCUT2D eigenvalue weighted by atomic mass is 35.5. The van der Waals surface area contributed by atoms with Gasteiger partial charge < -0.3 is 15.7 Å². The molecule has 0 aliphatic rings. The summed E-state index contributed by atoms with van der Waals surface area (Å²) in [5.41, 5.74) is -0.204. The van der Waals surface area contributed by atoms with Crippen LogP contribution in [0.1, 0.15) is 19.8 Å². The molecule has 3 N–H and O–H groups in total. The molecule has 2 amide bonds. The molecule has 116 valence electrons. The molecule has 0 saturated carbocycles. The fourth-order valence-electron chi connectivity index (χ4n) is 1.43. The number of aliphatic hydroxyl groups is 1. The van der Waals surface area contributed by atoms with Crippen molar-refractivity contribution in [3.05, 3.63) is 28.8 Å². The largest absolute Gasteiger partial charge is 0.393 e. The molecule has 0 heterocycles. The van der Waals surface area contributed by atoms with Crippen molar-refractivity contribution in [3.63, 3.8) is 0 Å². The van der Waals surface area contributed by atoms with E-state index in [2.05, 4.69) is 10.6 Å². The monoisotopic (exact) mass is 320 g/mol. The molecule has 1 unspecified atom stereocenters. The Bertz CT molecular complexity index is 540. The van der Waals surface area contributed by atoms with Gasteiger partial charge in [-0.3, -0.25) is 9.59 Å². The van der Waals surface area contributed by atoms with Crippen molar-refractivity contribution in [1.29, 1.82) is 0 Å². The lowest BCUT2D eigenvalue weighted by molar-refractivity contribution is -0.136. The lowest BCUT2D eigenvalue weighted by Crippen LogP contribution is -2.36. The van der Waals surface area contributed by atoms with Crippen molar-refractivity contribution in [2.45, 2.75) is 25.9 Å². The molecule has 0 spiro atoms. The number of anilines is 1. The van der Waals surface area contributed by atoms with E-state index >= 15 is 0 Å². The van der Waals surface area contributed by atoms with E-state index in [0.29, 0.717) is 25.0 Å². The van der Waals surface area contributed by atoms with Crippen molar-refractivity contribution in [3.8, 4) is 0 Å². The normalized spacial score (nSPS) is 11.9. The van der Waals surface area contributed by atoms with Crippen LogP contribution in [0.2, 0.25) is 5.02 Å². The highest BCUT2D eigenvalue weighted by Gasteiger charge is 2.17. The summed E-state index contributed by atoms with van der Waals surface area (Å²) >= 11 is 5.63. The van der Waals surface area contributed by atoms with Crippen LogP contribution in [0.5, 0.6) is 0 Å². The number of carbonyl (C=O) groups excluding carboxylic acids is 2. The minimum Gasteiger partial charge on any atom is -0.393 e. The molecule has 21 heavy (non-hydrogen) atoms. The summed E-state index contributed by atoms with van der Waals surface area (Å²) in [4.78, 5) is 23.0. The Morgan fingerprint density at radius 2 is 1.90 bits per heavy atom. The Labute approximate surface area is 125 Å². The SMILES string of the molecule is CCC(O)CCNC(=O)C(=O)Nc1cc(F)c(F)cc1Cl. The van der Waals surface area contributed by atoms with Crippen molar-refractivity contribution < 1.29 is 23.5 Å². The summed E-state index contributed by atoms with van der Waals surface area (Å²) in [7, 11) is 0. The summed E-state index contributed by atoms with van der Waals surface area (Å²) in [6.07, 6.45) is 0.280. The molecule has 0 saturated heterocycles. The number of aliphatic hydroxyl groups excluding tert-OH is 1. The molecule has 8 heteroatoms. The van der Waals surface area contributed by atoms with E-state index in [9.17, 15) is 23.5 Å². The molecule has 1 atom stereocenters. The number of amides is 2. The third-order valence-electron chi connectivity index (χ3n) is 2.70. The zero-order valence-electron chi connectivity index (χ0n) is 11.3. The lowest BCUT2D eigenvalue weighted by atomic mass is 10.2. The standard InChI is InChI=1S/C13H15ClF2N2O3/c1-2-7(19)3-4-17-12(20)13(21)18-11-6-10(16)9(15)5-8(11)14/h5-7,19H,2-4H2,1H3,(H,17,20)(H,18,21). The van der Waals surface area contributed by atoms with Crippen LogP contribution in [0.4, 0.5) is 14.5 Å². The van der Waals surface area contributed by atoms with Crippen LogP contribution in [-0.4, -0.2) is 29.6 Å². The predicted octanol–water partition coefficient (Wildman–Crippen LogP) is 1.83. The number of hydrogen-bond donors (Lipinski definition) is 3. The molecule has 1 aromatic carbocycles. The van der Waals surface area contributed by atoms with Crippen LogP contribution in [0, 0.1) is 11.6 Å². The quantitative estimate of drug-likeness (QED) is 0.572. The Kier molecular flexibility index (Phi) is 6.51. The van der Waals surface area contributed by atoms with Gasteiger partial charge in [0.25, 0.3) is 0 Å². The highest BCUT2D eigenvalue weighted by Crippen LogP contribution is 2.24. The van der Waals surface area contributed by atoms with Gasteiger partial charge in [-0.05, 0) is 18.9 Å². The molecule has 0 radical (unpaired) electrons. The molecule has 1 aromatic rings. The number of hydrogen-bond acceptors (Lipinski definition) is 3. The molecule has 0 aromatic heterocycles. The van der Waals surface area contributed by atoms with E-state index in [0.717, 1.165) is 0 Å². The predicted molar refractivity (Wildman–Crippen MR) is 73.9 cm³/mol. The fourth-order valence-corrected chi connectivity index (χ4v) is 1.63. The summed E-state index contributed by atoms with van der Waals surface area (Å²) < 4.78 is 25.9. The average Bonchev–Trinajstić information content (AvgIpc) is 2.44. The Balaban J connectivity index is 2.57. The van der Waals surface area contributed by atoms with E-state index in [1.165, 1.54) is 0 Å². The van der Waals surface area contributed by atoms with Gasteiger partial charge in [0.15, 0.2) is 11.6 Å². The van der Waals surface area contributed by atoms with Gasteiger partial charge in [-0.25, -0.2) is 8.78 Å². The van der Waals surface area contributed by atoms with Crippen LogP contribution < -0.4 is 10.6 Å². The summed E-state index contributed by atoms with van der Waals surface area (Å²) in [5.74, 6) is -4.37. The summed E-state index contributed by atoms with van der Waals surface area (Å²) in [6.45, 7) is 1.90. The molecule has 0 fully saturated rings. The maximum atomic E-state index is 13.0. The maximum Gasteiger partial charge on any atom is 0.313 e. The topological polar surface area (TPSA) is 78.4 Å². The first-order valence-electron chi connectivity index (χ1n) is 6.27. The maximum absolute atomic E-state index is 13.0. The molecule has 0 aliphatic heterocycles. The van der Waals surface area contributed by atoms with E-state index < -0.39 is 29.6 Å². The van der Waals surface area contributed by atoms with Gasteiger partial charge in [-0.15, -0.1) is 0 Å². The Morgan fingerprint density at radius 1 is 1.29 bits per heavy atom. The Morgan fingerprint density at radius 3 is 2.52 bits per heavy atom. The lowest BCUT2D eigenvalue weighted by Gasteiger charge is -2.10. The van der Waals surface area contributed by atoms with Crippen LogP contribution in [0.15, 0.2) is 12.1 Å². The zero-order valence-corrected chi connectivity index (χ0v) is 12.0. The van der Waals surface area contributed by atoms with Crippen LogP contribution in [0.25, 0.3) is 0 Å². The van der Waals surface area contributed by atoms with Gasteiger partial charge >= 0.3 is 11.8 Å². The van der Waals surface area contributed by atoms with Crippen LogP contribution in [-0.2, 0) is 9.59 Å².